The second kappa shape index (κ2) is 8.50. The van der Waals surface area contributed by atoms with Gasteiger partial charge in [0.05, 0.1) is 18.4 Å². The fourth-order valence-corrected chi connectivity index (χ4v) is 2.88. The van der Waals surface area contributed by atoms with Crippen molar-refractivity contribution < 1.29 is 14.3 Å². The van der Waals surface area contributed by atoms with Gasteiger partial charge in [-0.3, -0.25) is 9.89 Å². The molecule has 138 valence electrons. The Balaban J connectivity index is 1.53. The van der Waals surface area contributed by atoms with Crippen molar-refractivity contribution in [3.63, 3.8) is 0 Å². The number of H-pyrrole nitrogens is 1. The molecule has 0 spiro atoms. The lowest BCUT2D eigenvalue weighted by Gasteiger charge is -2.05. The predicted molar refractivity (Wildman–Crippen MR) is 104 cm³/mol. The van der Waals surface area contributed by atoms with E-state index in [0.29, 0.717) is 22.2 Å². The van der Waals surface area contributed by atoms with E-state index in [2.05, 4.69) is 25.2 Å². The summed E-state index contributed by atoms with van der Waals surface area (Å²) in [5, 5.41) is 10.3. The summed E-state index contributed by atoms with van der Waals surface area (Å²) in [6.45, 7) is 2.02. The average Bonchev–Trinajstić information content (AvgIpc) is 3.16. The van der Waals surface area contributed by atoms with Crippen LogP contribution in [0.1, 0.15) is 15.9 Å². The minimum absolute atomic E-state index is 0.171. The molecule has 0 aliphatic rings. The monoisotopic (exact) mass is 382 g/mol. The molecule has 0 saturated heterocycles. The summed E-state index contributed by atoms with van der Waals surface area (Å²) in [6.07, 6.45) is 0. The van der Waals surface area contributed by atoms with Gasteiger partial charge in [-0.05, 0) is 31.2 Å². The zero-order chi connectivity index (χ0) is 19.2. The molecule has 0 unspecified atom stereocenters. The number of carbonyl (C=O) groups is 2. The van der Waals surface area contributed by atoms with Gasteiger partial charge in [-0.25, -0.2) is 9.78 Å². The van der Waals surface area contributed by atoms with Crippen molar-refractivity contribution in [1.29, 1.82) is 0 Å². The van der Waals surface area contributed by atoms with Gasteiger partial charge in [-0.15, -0.1) is 5.10 Å². The van der Waals surface area contributed by atoms with Crippen LogP contribution in [0, 0.1) is 6.92 Å². The quantitative estimate of drug-likeness (QED) is 0.501. The number of rotatable bonds is 6. The van der Waals surface area contributed by atoms with Gasteiger partial charge >= 0.3 is 5.97 Å². The molecule has 0 aliphatic carbocycles. The number of nitrogens with one attached hydrogen (secondary N) is 2. The van der Waals surface area contributed by atoms with Crippen molar-refractivity contribution in [2.45, 2.75) is 12.1 Å². The molecule has 2 N–H and O–H groups in total. The van der Waals surface area contributed by atoms with E-state index in [4.69, 9.17) is 0 Å². The number of aromatic amines is 1. The first-order chi connectivity index (χ1) is 13.0. The molecule has 27 heavy (non-hydrogen) atoms. The standard InChI is InChI=1S/C19H18N4O3S/c1-12-3-5-13(6-4-12)17-21-19(23-22-17)27-11-16(24)20-15-9-7-14(8-10-15)18(25)26-2/h3-10H,11H2,1-2H3,(H,20,24)(H,21,22,23). The third-order valence-corrected chi connectivity index (χ3v) is 4.56. The summed E-state index contributed by atoms with van der Waals surface area (Å²) in [6, 6.07) is 14.4. The fourth-order valence-electron chi connectivity index (χ4n) is 2.29. The van der Waals surface area contributed by atoms with Gasteiger partial charge in [0, 0.05) is 11.3 Å². The summed E-state index contributed by atoms with van der Waals surface area (Å²) in [7, 11) is 1.32. The minimum Gasteiger partial charge on any atom is -0.465 e. The largest absolute Gasteiger partial charge is 0.465 e. The normalized spacial score (nSPS) is 10.4. The Kier molecular flexibility index (Phi) is 5.87. The second-order valence-corrected chi connectivity index (χ2v) is 6.68. The Morgan fingerprint density at radius 3 is 2.48 bits per heavy atom. The van der Waals surface area contributed by atoms with Crippen LogP contribution in [0.15, 0.2) is 53.7 Å². The van der Waals surface area contributed by atoms with Crippen LogP contribution in [0.25, 0.3) is 11.4 Å². The maximum atomic E-state index is 12.1. The van der Waals surface area contributed by atoms with E-state index in [0.717, 1.165) is 5.56 Å². The highest BCUT2D eigenvalue weighted by atomic mass is 32.2. The Labute approximate surface area is 160 Å². The predicted octanol–water partition coefficient (Wildman–Crippen LogP) is 3.30. The highest BCUT2D eigenvalue weighted by Crippen LogP contribution is 2.20. The van der Waals surface area contributed by atoms with Crippen LogP contribution in [0.5, 0.6) is 0 Å². The number of hydrogen-bond acceptors (Lipinski definition) is 6. The maximum absolute atomic E-state index is 12.1. The molecule has 2 aromatic carbocycles. The smallest absolute Gasteiger partial charge is 0.337 e. The highest BCUT2D eigenvalue weighted by molar-refractivity contribution is 7.99. The van der Waals surface area contributed by atoms with Crippen molar-refractivity contribution in [1.82, 2.24) is 15.2 Å². The van der Waals surface area contributed by atoms with Gasteiger partial charge in [-0.2, -0.15) is 0 Å². The molecule has 0 fully saturated rings. The van der Waals surface area contributed by atoms with E-state index in [1.54, 1.807) is 24.3 Å². The number of esters is 1. The van der Waals surface area contributed by atoms with Crippen LogP contribution in [-0.4, -0.2) is 39.9 Å². The molecule has 3 rings (SSSR count). The maximum Gasteiger partial charge on any atom is 0.337 e. The van der Waals surface area contributed by atoms with Gasteiger partial charge < -0.3 is 10.1 Å². The zero-order valence-electron chi connectivity index (χ0n) is 14.9. The number of nitrogens with zero attached hydrogens (tertiary/aromatic N) is 2. The van der Waals surface area contributed by atoms with E-state index in [9.17, 15) is 9.59 Å². The molecule has 0 bridgehead atoms. The molecule has 1 heterocycles. The molecule has 0 saturated carbocycles. The Morgan fingerprint density at radius 2 is 1.81 bits per heavy atom. The summed E-state index contributed by atoms with van der Waals surface area (Å²) in [4.78, 5) is 27.9. The Bertz CT molecular complexity index is 936. The van der Waals surface area contributed by atoms with Gasteiger partial charge in [-0.1, -0.05) is 41.6 Å². The molecule has 8 heteroatoms. The molecule has 1 aromatic heterocycles. The molecule has 0 radical (unpaired) electrons. The van der Waals surface area contributed by atoms with Crippen LogP contribution in [0.3, 0.4) is 0 Å². The third kappa shape index (κ3) is 4.95. The van der Waals surface area contributed by atoms with Crippen molar-refractivity contribution in [3.8, 4) is 11.4 Å². The van der Waals surface area contributed by atoms with Crippen LogP contribution in [-0.2, 0) is 9.53 Å². The fraction of sp³-hybridized carbons (Fsp3) is 0.158. The first-order valence-corrected chi connectivity index (χ1v) is 9.14. The number of hydrogen-bond donors (Lipinski definition) is 2. The van der Waals surface area contributed by atoms with Gasteiger partial charge in [0.15, 0.2) is 5.82 Å². The highest BCUT2D eigenvalue weighted by Gasteiger charge is 2.10. The first-order valence-electron chi connectivity index (χ1n) is 8.15. The SMILES string of the molecule is COC(=O)c1ccc(NC(=O)CSc2n[nH]c(-c3ccc(C)cc3)n2)cc1. The number of aryl methyl sites for hydroxylation is 1. The van der Waals surface area contributed by atoms with Gasteiger partial charge in [0.2, 0.25) is 11.1 Å². The number of anilines is 1. The average molecular weight is 382 g/mol. The molecule has 1 amide bonds. The Morgan fingerprint density at radius 1 is 1.11 bits per heavy atom. The van der Waals surface area contributed by atoms with Crippen molar-refractivity contribution >= 4 is 29.3 Å². The molecule has 3 aromatic rings. The number of amides is 1. The van der Waals surface area contributed by atoms with Crippen LogP contribution < -0.4 is 5.32 Å². The van der Waals surface area contributed by atoms with E-state index in [1.807, 2.05) is 31.2 Å². The van der Waals surface area contributed by atoms with E-state index in [-0.39, 0.29) is 11.7 Å². The lowest BCUT2D eigenvalue weighted by molar-refractivity contribution is -0.113. The molecular formula is C19H18N4O3S. The number of methoxy groups -OCH3 is 1. The number of aromatic nitrogens is 3. The van der Waals surface area contributed by atoms with Crippen LogP contribution in [0.4, 0.5) is 5.69 Å². The molecule has 7 nitrogen and oxygen atoms in total. The van der Waals surface area contributed by atoms with Crippen molar-refractivity contribution in [2.75, 3.05) is 18.2 Å². The Hall–Kier alpha value is -3.13. The lowest BCUT2D eigenvalue weighted by atomic mass is 10.1. The summed E-state index contributed by atoms with van der Waals surface area (Å²) in [5.74, 6) is 0.227. The van der Waals surface area contributed by atoms with Crippen LogP contribution >= 0.6 is 11.8 Å². The zero-order valence-corrected chi connectivity index (χ0v) is 15.7. The number of thioether (sulfide) groups is 1. The summed E-state index contributed by atoms with van der Waals surface area (Å²) < 4.78 is 4.64. The van der Waals surface area contributed by atoms with Gasteiger partial charge in [0.1, 0.15) is 0 Å². The molecular weight excluding hydrogens is 364 g/mol. The lowest BCUT2D eigenvalue weighted by Crippen LogP contribution is -2.14. The van der Waals surface area contributed by atoms with Crippen molar-refractivity contribution in [3.05, 3.63) is 59.7 Å². The third-order valence-electron chi connectivity index (χ3n) is 3.71. The van der Waals surface area contributed by atoms with Crippen LogP contribution in [0.2, 0.25) is 0 Å². The second-order valence-electron chi connectivity index (χ2n) is 5.74. The summed E-state index contributed by atoms with van der Waals surface area (Å²) >= 11 is 1.24. The summed E-state index contributed by atoms with van der Waals surface area (Å²) in [5.41, 5.74) is 3.14. The number of ether oxygens (including phenoxy) is 1. The van der Waals surface area contributed by atoms with Gasteiger partial charge in [0.25, 0.3) is 0 Å². The topological polar surface area (TPSA) is 97.0 Å². The van der Waals surface area contributed by atoms with E-state index >= 15 is 0 Å². The van der Waals surface area contributed by atoms with E-state index < -0.39 is 5.97 Å². The minimum atomic E-state index is -0.419. The molecule has 0 aliphatic heterocycles. The first kappa shape index (κ1) is 18.7. The number of carbonyl (C=O) groups excluding carboxylic acids is 2. The van der Waals surface area contributed by atoms with E-state index in [1.165, 1.54) is 24.4 Å². The molecule has 0 atom stereocenters. The number of benzene rings is 2. The van der Waals surface area contributed by atoms with Crippen molar-refractivity contribution in [2.24, 2.45) is 0 Å².